The van der Waals surface area contributed by atoms with Crippen LogP contribution in [0.25, 0.3) is 11.3 Å². The van der Waals surface area contributed by atoms with E-state index in [9.17, 15) is 13.2 Å². The monoisotopic (exact) mass is 295 g/mol. The lowest BCUT2D eigenvalue weighted by molar-refractivity contribution is -0.137. The number of alkyl halides is 3. The van der Waals surface area contributed by atoms with Gasteiger partial charge in [-0.25, -0.2) is 9.97 Å². The number of halogens is 3. The van der Waals surface area contributed by atoms with Gasteiger partial charge in [0.2, 0.25) is 0 Å². The molecule has 2 aromatic rings. The van der Waals surface area contributed by atoms with Crippen molar-refractivity contribution in [2.75, 3.05) is 12.4 Å². The molecule has 1 N–H and O–H groups in total. The fraction of sp³-hybridized carbons (Fsp3) is 0.333. The van der Waals surface area contributed by atoms with E-state index < -0.39 is 11.7 Å². The van der Waals surface area contributed by atoms with Gasteiger partial charge in [-0.15, -0.1) is 0 Å². The highest BCUT2D eigenvalue weighted by atomic mass is 19.4. The van der Waals surface area contributed by atoms with Crippen molar-refractivity contribution in [2.24, 2.45) is 0 Å². The third kappa shape index (κ3) is 3.32. The lowest BCUT2D eigenvalue weighted by Gasteiger charge is -2.13. The Kier molecular flexibility index (Phi) is 4.45. The number of anilines is 1. The van der Waals surface area contributed by atoms with Crippen LogP contribution in [0.2, 0.25) is 0 Å². The standard InChI is InChI=1S/C15H16F3N3/c1-3-5-12-13(20-9-21-14(12)19-2)10-6-4-7-11(8-10)15(16,17)18/h4,6-9H,3,5H2,1-2H3,(H,19,20,21). The highest BCUT2D eigenvalue weighted by Crippen LogP contribution is 2.33. The number of aromatic nitrogens is 2. The molecule has 0 spiro atoms. The van der Waals surface area contributed by atoms with Crippen LogP contribution in [0.15, 0.2) is 30.6 Å². The molecule has 0 aliphatic heterocycles. The second-order valence-electron chi connectivity index (χ2n) is 4.63. The summed E-state index contributed by atoms with van der Waals surface area (Å²) in [5.74, 6) is 0.652. The fourth-order valence-electron chi connectivity index (χ4n) is 2.21. The normalized spacial score (nSPS) is 11.5. The van der Waals surface area contributed by atoms with Crippen LogP contribution in [-0.4, -0.2) is 17.0 Å². The van der Waals surface area contributed by atoms with E-state index in [0.717, 1.165) is 24.1 Å². The minimum Gasteiger partial charge on any atom is -0.373 e. The first-order chi connectivity index (χ1) is 9.97. The average Bonchev–Trinajstić information content (AvgIpc) is 2.47. The van der Waals surface area contributed by atoms with Gasteiger partial charge in [-0.3, -0.25) is 0 Å². The molecule has 0 radical (unpaired) electrons. The summed E-state index contributed by atoms with van der Waals surface area (Å²) in [4.78, 5) is 8.31. The lowest BCUT2D eigenvalue weighted by atomic mass is 10.0. The van der Waals surface area contributed by atoms with Crippen molar-refractivity contribution in [3.63, 3.8) is 0 Å². The summed E-state index contributed by atoms with van der Waals surface area (Å²) in [5.41, 5.74) is 1.16. The zero-order chi connectivity index (χ0) is 15.5. The van der Waals surface area contributed by atoms with Gasteiger partial charge in [-0.1, -0.05) is 25.5 Å². The molecule has 0 saturated carbocycles. The molecule has 0 unspecified atom stereocenters. The third-order valence-corrected chi connectivity index (χ3v) is 3.15. The first kappa shape index (κ1) is 15.3. The van der Waals surface area contributed by atoms with Gasteiger partial charge >= 0.3 is 6.18 Å². The van der Waals surface area contributed by atoms with Crippen molar-refractivity contribution in [3.8, 4) is 11.3 Å². The van der Waals surface area contributed by atoms with E-state index in [1.807, 2.05) is 6.92 Å². The molecule has 0 aliphatic rings. The topological polar surface area (TPSA) is 37.8 Å². The number of benzene rings is 1. The zero-order valence-electron chi connectivity index (χ0n) is 11.8. The van der Waals surface area contributed by atoms with Gasteiger partial charge in [0.05, 0.1) is 11.3 Å². The molecule has 3 nitrogen and oxygen atoms in total. The Labute approximate surface area is 121 Å². The predicted octanol–water partition coefficient (Wildman–Crippen LogP) is 4.16. The van der Waals surface area contributed by atoms with E-state index in [4.69, 9.17) is 0 Å². The highest BCUT2D eigenvalue weighted by Gasteiger charge is 2.30. The van der Waals surface area contributed by atoms with Crippen LogP contribution in [-0.2, 0) is 12.6 Å². The Morgan fingerprint density at radius 2 is 1.95 bits per heavy atom. The quantitative estimate of drug-likeness (QED) is 0.920. The van der Waals surface area contributed by atoms with Crippen molar-refractivity contribution in [1.82, 2.24) is 9.97 Å². The lowest BCUT2D eigenvalue weighted by Crippen LogP contribution is -2.06. The third-order valence-electron chi connectivity index (χ3n) is 3.15. The van der Waals surface area contributed by atoms with E-state index in [1.165, 1.54) is 12.4 Å². The van der Waals surface area contributed by atoms with Gasteiger partial charge in [0.1, 0.15) is 12.1 Å². The summed E-state index contributed by atoms with van der Waals surface area (Å²) in [5, 5.41) is 2.96. The smallest absolute Gasteiger partial charge is 0.373 e. The summed E-state index contributed by atoms with van der Waals surface area (Å²) in [6.07, 6.45) is -1.45. The molecule has 1 aromatic carbocycles. The second kappa shape index (κ2) is 6.11. The van der Waals surface area contributed by atoms with Crippen molar-refractivity contribution in [3.05, 3.63) is 41.7 Å². The molecule has 1 aromatic heterocycles. The molecule has 2 rings (SSSR count). The van der Waals surface area contributed by atoms with Gasteiger partial charge in [-0.2, -0.15) is 13.2 Å². The van der Waals surface area contributed by atoms with Gasteiger partial charge in [-0.05, 0) is 18.6 Å². The average molecular weight is 295 g/mol. The number of nitrogens with zero attached hydrogens (tertiary/aromatic N) is 2. The van der Waals surface area contributed by atoms with Gasteiger partial charge in [0.25, 0.3) is 0 Å². The summed E-state index contributed by atoms with van der Waals surface area (Å²) in [6.45, 7) is 2.00. The zero-order valence-corrected chi connectivity index (χ0v) is 11.8. The predicted molar refractivity (Wildman–Crippen MR) is 76.0 cm³/mol. The number of hydrogen-bond acceptors (Lipinski definition) is 3. The maximum Gasteiger partial charge on any atom is 0.416 e. The van der Waals surface area contributed by atoms with E-state index in [2.05, 4.69) is 15.3 Å². The molecule has 0 fully saturated rings. The van der Waals surface area contributed by atoms with E-state index in [1.54, 1.807) is 13.1 Å². The molecule has 0 amide bonds. The van der Waals surface area contributed by atoms with Gasteiger partial charge in [0, 0.05) is 18.2 Å². The Bertz CT molecular complexity index is 624. The molecule has 0 bridgehead atoms. The molecule has 21 heavy (non-hydrogen) atoms. The van der Waals surface area contributed by atoms with Crippen molar-refractivity contribution >= 4 is 5.82 Å². The molecule has 0 atom stereocenters. The highest BCUT2D eigenvalue weighted by molar-refractivity contribution is 5.68. The molecular formula is C15H16F3N3. The van der Waals surface area contributed by atoms with Crippen molar-refractivity contribution in [2.45, 2.75) is 25.9 Å². The molecule has 1 heterocycles. The van der Waals surface area contributed by atoms with Crippen LogP contribution in [0.1, 0.15) is 24.5 Å². The maximum atomic E-state index is 12.8. The Morgan fingerprint density at radius 3 is 2.57 bits per heavy atom. The van der Waals surface area contributed by atoms with Gasteiger partial charge < -0.3 is 5.32 Å². The molecule has 0 saturated heterocycles. The summed E-state index contributed by atoms with van der Waals surface area (Å²) in [6, 6.07) is 5.22. The Morgan fingerprint density at radius 1 is 1.19 bits per heavy atom. The first-order valence-electron chi connectivity index (χ1n) is 6.66. The number of hydrogen-bond donors (Lipinski definition) is 1. The molecule has 0 aliphatic carbocycles. The van der Waals surface area contributed by atoms with E-state index in [0.29, 0.717) is 23.5 Å². The summed E-state index contributed by atoms with van der Waals surface area (Å²) < 4.78 is 38.5. The Hall–Kier alpha value is -2.11. The second-order valence-corrected chi connectivity index (χ2v) is 4.63. The van der Waals surface area contributed by atoms with Crippen molar-refractivity contribution < 1.29 is 13.2 Å². The minimum atomic E-state index is -4.36. The number of nitrogens with one attached hydrogen (secondary N) is 1. The van der Waals surface area contributed by atoms with Gasteiger partial charge in [0.15, 0.2) is 0 Å². The van der Waals surface area contributed by atoms with Crippen molar-refractivity contribution in [1.29, 1.82) is 0 Å². The number of rotatable bonds is 4. The van der Waals surface area contributed by atoms with Crippen LogP contribution < -0.4 is 5.32 Å². The largest absolute Gasteiger partial charge is 0.416 e. The Balaban J connectivity index is 2.56. The molecular weight excluding hydrogens is 279 g/mol. The van der Waals surface area contributed by atoms with E-state index >= 15 is 0 Å². The van der Waals surface area contributed by atoms with Crippen LogP contribution in [0.4, 0.5) is 19.0 Å². The summed E-state index contributed by atoms with van der Waals surface area (Å²) in [7, 11) is 1.73. The minimum absolute atomic E-state index is 0.451. The summed E-state index contributed by atoms with van der Waals surface area (Å²) >= 11 is 0. The fourth-order valence-corrected chi connectivity index (χ4v) is 2.21. The molecule has 112 valence electrons. The van der Waals surface area contributed by atoms with Crippen LogP contribution in [0, 0.1) is 0 Å². The van der Waals surface area contributed by atoms with Crippen LogP contribution in [0.3, 0.4) is 0 Å². The van der Waals surface area contributed by atoms with Crippen LogP contribution >= 0.6 is 0 Å². The van der Waals surface area contributed by atoms with E-state index in [-0.39, 0.29) is 0 Å². The van der Waals surface area contributed by atoms with Crippen LogP contribution in [0.5, 0.6) is 0 Å². The molecule has 6 heteroatoms. The SMILES string of the molecule is CCCc1c(NC)ncnc1-c1cccc(C(F)(F)F)c1. The first-order valence-corrected chi connectivity index (χ1v) is 6.66. The maximum absolute atomic E-state index is 12.8.